The molecular formula is C26H24F2N8O3S. The van der Waals surface area contributed by atoms with E-state index in [0.29, 0.717) is 31.0 Å². The number of hydrogen-bond donors (Lipinski definition) is 2. The summed E-state index contributed by atoms with van der Waals surface area (Å²) in [4.78, 5) is 33.1. The van der Waals surface area contributed by atoms with Crippen LogP contribution in [0.5, 0.6) is 5.75 Å². The largest absolute Gasteiger partial charge is 0.434 e. The topological polar surface area (TPSA) is 119 Å². The average molecular weight is 567 g/mol. The Morgan fingerprint density at radius 3 is 2.98 bits per heavy atom. The number of amides is 2. The summed E-state index contributed by atoms with van der Waals surface area (Å²) in [6.45, 7) is -1.40. The maximum absolute atomic E-state index is 13.5. The zero-order chi connectivity index (χ0) is 27.6. The number of halogens is 2. The van der Waals surface area contributed by atoms with E-state index in [1.54, 1.807) is 41.2 Å². The first kappa shape index (κ1) is 25.8. The monoisotopic (exact) mass is 566 g/mol. The van der Waals surface area contributed by atoms with Crippen molar-refractivity contribution in [2.45, 2.75) is 24.5 Å². The second-order valence-corrected chi connectivity index (χ2v) is 10.2. The molecule has 3 aromatic heterocycles. The van der Waals surface area contributed by atoms with E-state index < -0.39 is 12.5 Å². The number of aromatic nitrogens is 5. The van der Waals surface area contributed by atoms with Crippen molar-refractivity contribution in [3.05, 3.63) is 60.7 Å². The van der Waals surface area contributed by atoms with Gasteiger partial charge < -0.3 is 20.3 Å². The Bertz CT molecular complexity index is 1620. The summed E-state index contributed by atoms with van der Waals surface area (Å²) >= 11 is 1.57. The van der Waals surface area contributed by atoms with Gasteiger partial charge in [0.2, 0.25) is 5.91 Å². The van der Waals surface area contributed by atoms with Crippen LogP contribution in [0.2, 0.25) is 0 Å². The van der Waals surface area contributed by atoms with Crippen molar-refractivity contribution in [1.29, 1.82) is 0 Å². The number of anilines is 2. The fourth-order valence-electron chi connectivity index (χ4n) is 4.62. The number of nitrogens with zero attached hydrogens (tertiary/aromatic N) is 6. The molecule has 2 aliphatic rings. The van der Waals surface area contributed by atoms with Crippen LogP contribution in [0.15, 0.2) is 60.0 Å². The summed E-state index contributed by atoms with van der Waals surface area (Å²) in [5, 5.41) is 14.7. The highest BCUT2D eigenvalue weighted by Crippen LogP contribution is 2.43. The number of ether oxygens (including phenoxy) is 1. The number of carbonyl (C=O) groups is 2. The van der Waals surface area contributed by atoms with Crippen molar-refractivity contribution in [2.24, 2.45) is 0 Å². The summed E-state index contributed by atoms with van der Waals surface area (Å²) in [7, 11) is 0. The van der Waals surface area contributed by atoms with Crippen LogP contribution >= 0.6 is 11.8 Å². The van der Waals surface area contributed by atoms with E-state index in [1.807, 2.05) is 12.2 Å². The number of rotatable bonds is 7. The maximum Gasteiger partial charge on any atom is 0.387 e. The molecule has 0 aliphatic carbocycles. The Kier molecular flexibility index (Phi) is 7.07. The number of benzene rings is 1. The summed E-state index contributed by atoms with van der Waals surface area (Å²) in [6.07, 6.45) is 10.8. The quantitative estimate of drug-likeness (QED) is 0.325. The molecule has 5 heterocycles. The molecule has 11 nitrogen and oxygen atoms in total. The number of alkyl halides is 2. The lowest BCUT2D eigenvalue weighted by Crippen LogP contribution is -2.36. The predicted octanol–water partition coefficient (Wildman–Crippen LogP) is 3.75. The number of fused-ring (bicyclic) bond motifs is 2. The Hall–Kier alpha value is -4.46. The second kappa shape index (κ2) is 11.0. The third-order valence-electron chi connectivity index (χ3n) is 6.47. The fraction of sp³-hybridized carbons (Fsp3) is 0.269. The third-order valence-corrected chi connectivity index (χ3v) is 7.53. The number of hydrogen-bond acceptors (Lipinski definition) is 8. The second-order valence-electron chi connectivity index (χ2n) is 9.09. The van der Waals surface area contributed by atoms with Gasteiger partial charge in [-0.2, -0.15) is 19.0 Å². The SMILES string of the molecule is O=C(Nc1cn(CC(=O)N2CC=CCC2)nc1-c1cc2c(cc1OC(F)F)NCCS2)c1cnn2cccnc12. The van der Waals surface area contributed by atoms with Crippen LogP contribution in [0.1, 0.15) is 16.8 Å². The highest BCUT2D eigenvalue weighted by molar-refractivity contribution is 7.99. The van der Waals surface area contributed by atoms with Crippen molar-refractivity contribution in [2.75, 3.05) is 36.0 Å². The smallest absolute Gasteiger partial charge is 0.387 e. The molecule has 2 aliphatic heterocycles. The Morgan fingerprint density at radius 1 is 1.25 bits per heavy atom. The van der Waals surface area contributed by atoms with Crippen molar-refractivity contribution >= 4 is 40.6 Å². The zero-order valence-electron chi connectivity index (χ0n) is 21.1. The molecule has 14 heteroatoms. The first-order valence-corrected chi connectivity index (χ1v) is 13.5. The lowest BCUT2D eigenvalue weighted by molar-refractivity contribution is -0.131. The minimum absolute atomic E-state index is 0.0960. The van der Waals surface area contributed by atoms with Crippen molar-refractivity contribution in [1.82, 2.24) is 29.3 Å². The van der Waals surface area contributed by atoms with Crippen LogP contribution < -0.4 is 15.4 Å². The van der Waals surface area contributed by atoms with Crippen LogP contribution in [0.4, 0.5) is 20.2 Å². The van der Waals surface area contributed by atoms with Crippen LogP contribution in [-0.4, -0.2) is 73.1 Å². The lowest BCUT2D eigenvalue weighted by atomic mass is 10.1. The van der Waals surface area contributed by atoms with E-state index in [9.17, 15) is 18.4 Å². The van der Waals surface area contributed by atoms with E-state index in [1.165, 1.54) is 27.7 Å². The molecule has 4 aromatic rings. The van der Waals surface area contributed by atoms with Gasteiger partial charge in [-0.05, 0) is 18.6 Å². The van der Waals surface area contributed by atoms with Gasteiger partial charge in [-0.3, -0.25) is 14.3 Å². The highest BCUT2D eigenvalue weighted by atomic mass is 32.2. The average Bonchev–Trinajstić information content (AvgIpc) is 3.57. The van der Waals surface area contributed by atoms with E-state index in [2.05, 4.69) is 25.8 Å². The Labute approximate surface area is 231 Å². The fourth-order valence-corrected chi connectivity index (χ4v) is 5.53. The minimum Gasteiger partial charge on any atom is -0.434 e. The standard InChI is InChI=1S/C26H24F2N8O3S/c27-26(28)39-20-12-18-21(40-10-6-29-18)11-16(20)23-19(14-35(33-23)15-22(37)34-7-2-1-3-8-34)32-25(38)17-13-31-36-9-4-5-30-24(17)36/h1-2,4-5,9,11-14,26,29H,3,6-8,10,15H2,(H,32,38). The molecule has 1 aromatic carbocycles. The molecule has 0 saturated carbocycles. The molecule has 2 N–H and O–H groups in total. The molecule has 40 heavy (non-hydrogen) atoms. The highest BCUT2D eigenvalue weighted by Gasteiger charge is 2.25. The first-order valence-electron chi connectivity index (χ1n) is 12.6. The number of thioether (sulfide) groups is 1. The maximum atomic E-state index is 13.5. The molecule has 2 amide bonds. The third kappa shape index (κ3) is 5.21. The molecule has 0 radical (unpaired) electrons. The van der Waals surface area contributed by atoms with Crippen LogP contribution in [-0.2, 0) is 11.3 Å². The molecular weight excluding hydrogens is 542 g/mol. The van der Waals surface area contributed by atoms with Gasteiger partial charge in [0.15, 0.2) is 5.65 Å². The van der Waals surface area contributed by atoms with Crippen molar-refractivity contribution in [3.63, 3.8) is 0 Å². The van der Waals surface area contributed by atoms with Gasteiger partial charge in [0, 0.05) is 60.5 Å². The number of carbonyl (C=O) groups excluding carboxylic acids is 2. The molecule has 0 fully saturated rings. The van der Waals surface area contributed by atoms with Crippen LogP contribution in [0.3, 0.4) is 0 Å². The van der Waals surface area contributed by atoms with E-state index in [0.717, 1.165) is 17.1 Å². The van der Waals surface area contributed by atoms with Gasteiger partial charge in [0.05, 0.1) is 17.6 Å². The molecule has 0 atom stereocenters. The predicted molar refractivity (Wildman–Crippen MR) is 145 cm³/mol. The lowest BCUT2D eigenvalue weighted by Gasteiger charge is -2.23. The summed E-state index contributed by atoms with van der Waals surface area (Å²) < 4.78 is 34.7. The zero-order valence-corrected chi connectivity index (χ0v) is 21.9. The Balaban J connectivity index is 1.40. The van der Waals surface area contributed by atoms with Gasteiger partial charge in [-0.15, -0.1) is 11.8 Å². The van der Waals surface area contributed by atoms with Gasteiger partial charge in [-0.1, -0.05) is 12.2 Å². The summed E-state index contributed by atoms with van der Waals surface area (Å²) in [6, 6.07) is 4.90. The molecule has 6 rings (SSSR count). The van der Waals surface area contributed by atoms with Gasteiger partial charge in [0.25, 0.3) is 5.91 Å². The van der Waals surface area contributed by atoms with Crippen LogP contribution in [0.25, 0.3) is 16.9 Å². The van der Waals surface area contributed by atoms with Crippen molar-refractivity contribution in [3.8, 4) is 17.0 Å². The van der Waals surface area contributed by atoms with Gasteiger partial charge >= 0.3 is 6.61 Å². The normalized spacial score (nSPS) is 14.7. The molecule has 0 saturated heterocycles. The van der Waals surface area contributed by atoms with E-state index in [-0.39, 0.29) is 40.7 Å². The van der Waals surface area contributed by atoms with Gasteiger partial charge in [0.1, 0.15) is 23.6 Å². The Morgan fingerprint density at radius 2 is 2.15 bits per heavy atom. The minimum atomic E-state index is -3.08. The van der Waals surface area contributed by atoms with E-state index in [4.69, 9.17) is 4.74 Å². The summed E-state index contributed by atoms with van der Waals surface area (Å²) in [5.74, 6) is 0.0133. The van der Waals surface area contributed by atoms with Gasteiger partial charge in [-0.25, -0.2) is 9.50 Å². The summed E-state index contributed by atoms with van der Waals surface area (Å²) in [5.41, 5.74) is 1.90. The van der Waals surface area contributed by atoms with E-state index >= 15 is 0 Å². The van der Waals surface area contributed by atoms with Crippen molar-refractivity contribution < 1.29 is 23.1 Å². The molecule has 0 spiro atoms. The first-order chi connectivity index (χ1) is 19.5. The molecule has 0 bridgehead atoms. The number of nitrogens with one attached hydrogen (secondary N) is 2. The van der Waals surface area contributed by atoms with Crippen LogP contribution in [0, 0.1) is 0 Å². The molecule has 0 unspecified atom stereocenters. The molecule has 206 valence electrons.